The van der Waals surface area contributed by atoms with Crippen molar-refractivity contribution in [2.45, 2.75) is 23.5 Å². The number of rotatable bonds is 8. The summed E-state index contributed by atoms with van der Waals surface area (Å²) in [4.78, 5) is 16.4. The van der Waals surface area contributed by atoms with Gasteiger partial charge in [0.05, 0.1) is 3.79 Å². The average Bonchev–Trinajstić information content (AvgIpc) is 3.36. The highest BCUT2D eigenvalue weighted by Crippen LogP contribution is 2.25. The number of nitrogens with one attached hydrogen (secondary N) is 2. The molecular weight excluding hydrogens is 458 g/mol. The van der Waals surface area contributed by atoms with Crippen molar-refractivity contribution in [3.8, 4) is 0 Å². The van der Waals surface area contributed by atoms with E-state index in [2.05, 4.69) is 32.3 Å². The van der Waals surface area contributed by atoms with Crippen molar-refractivity contribution >= 4 is 55.0 Å². The lowest BCUT2D eigenvalue weighted by molar-refractivity contribution is 0.0952. The minimum Gasteiger partial charge on any atom is -0.356 e. The number of halogens is 1. The van der Waals surface area contributed by atoms with Crippen molar-refractivity contribution in [3.05, 3.63) is 38.8 Å². The Balaban J connectivity index is 1.45. The van der Waals surface area contributed by atoms with Gasteiger partial charge < -0.3 is 10.3 Å². The average molecular weight is 478 g/mol. The molecule has 2 aromatic rings. The summed E-state index contributed by atoms with van der Waals surface area (Å²) >= 11 is 6.89. The quantitative estimate of drug-likeness (QED) is 0.571. The Morgan fingerprint density at radius 3 is 2.81 bits per heavy atom. The van der Waals surface area contributed by atoms with E-state index in [0.29, 0.717) is 19.6 Å². The van der Waals surface area contributed by atoms with Gasteiger partial charge in [-0.3, -0.25) is 4.79 Å². The van der Waals surface area contributed by atoms with Crippen LogP contribution < -0.4 is 5.32 Å². The van der Waals surface area contributed by atoms with E-state index in [1.165, 1.54) is 21.4 Å². The van der Waals surface area contributed by atoms with Crippen LogP contribution >= 0.6 is 39.0 Å². The molecule has 1 amide bonds. The molecule has 0 aliphatic carbocycles. The van der Waals surface area contributed by atoms with Crippen LogP contribution in [0.3, 0.4) is 0 Å². The van der Waals surface area contributed by atoms with Crippen molar-refractivity contribution in [2.75, 3.05) is 25.4 Å². The first-order valence-electron chi connectivity index (χ1n) is 8.25. The van der Waals surface area contributed by atoms with Gasteiger partial charge in [0, 0.05) is 42.2 Å². The Hall–Kier alpha value is -0.810. The van der Waals surface area contributed by atoms with Crippen LogP contribution in [-0.4, -0.2) is 49.0 Å². The Morgan fingerprint density at radius 2 is 2.12 bits per heavy atom. The van der Waals surface area contributed by atoms with Crippen LogP contribution in [0.25, 0.3) is 0 Å². The summed E-state index contributed by atoms with van der Waals surface area (Å²) in [6.07, 6.45) is 3.17. The summed E-state index contributed by atoms with van der Waals surface area (Å²) in [5.41, 5.74) is 0.273. The van der Waals surface area contributed by atoms with Crippen molar-refractivity contribution in [1.29, 1.82) is 0 Å². The van der Waals surface area contributed by atoms with Crippen LogP contribution in [0.5, 0.6) is 0 Å². The number of thioether (sulfide) groups is 1. The van der Waals surface area contributed by atoms with Crippen LogP contribution in [-0.2, 0) is 15.8 Å². The summed E-state index contributed by atoms with van der Waals surface area (Å²) < 4.78 is 27.5. The number of nitrogens with zero attached hydrogens (tertiary/aromatic N) is 1. The normalized spacial score (nSPS) is 15.4. The van der Waals surface area contributed by atoms with Crippen molar-refractivity contribution < 1.29 is 13.2 Å². The molecule has 1 aliphatic heterocycles. The zero-order valence-corrected chi connectivity index (χ0v) is 18.1. The lowest BCUT2D eigenvalue weighted by Gasteiger charge is -2.13. The van der Waals surface area contributed by atoms with Crippen LogP contribution in [0.1, 0.15) is 28.2 Å². The number of H-pyrrole nitrogens is 1. The largest absolute Gasteiger partial charge is 0.356 e. The summed E-state index contributed by atoms with van der Waals surface area (Å²) in [6, 6.07) is 5.53. The summed E-state index contributed by atoms with van der Waals surface area (Å²) in [5.74, 6) is 1.42. The van der Waals surface area contributed by atoms with Gasteiger partial charge in [-0.05, 0) is 47.0 Å². The minimum atomic E-state index is -3.49. The molecule has 10 heteroatoms. The molecule has 2 N–H and O–H groups in total. The lowest BCUT2D eigenvalue weighted by atomic mass is 10.4. The van der Waals surface area contributed by atoms with E-state index in [0.717, 1.165) is 28.1 Å². The molecule has 1 fully saturated rings. The third-order valence-corrected chi connectivity index (χ3v) is 8.70. The van der Waals surface area contributed by atoms with Crippen LogP contribution in [0.2, 0.25) is 0 Å². The van der Waals surface area contributed by atoms with E-state index >= 15 is 0 Å². The minimum absolute atomic E-state index is 0.155. The van der Waals surface area contributed by atoms with Gasteiger partial charge in [0.1, 0.15) is 10.6 Å². The Kier molecular flexibility index (Phi) is 6.84. The first-order valence-corrected chi connectivity index (χ1v) is 12.5. The van der Waals surface area contributed by atoms with Crippen LogP contribution in [0, 0.1) is 0 Å². The van der Waals surface area contributed by atoms with Crippen LogP contribution in [0.15, 0.2) is 33.1 Å². The van der Waals surface area contributed by atoms with Crippen molar-refractivity contribution in [3.63, 3.8) is 0 Å². The number of amides is 1. The number of hydrogen-bond donors (Lipinski definition) is 2. The van der Waals surface area contributed by atoms with Crippen molar-refractivity contribution in [2.24, 2.45) is 0 Å². The van der Waals surface area contributed by atoms with E-state index < -0.39 is 10.0 Å². The Labute approximate surface area is 169 Å². The van der Waals surface area contributed by atoms with Gasteiger partial charge in [0.25, 0.3) is 5.91 Å². The summed E-state index contributed by atoms with van der Waals surface area (Å²) in [5, 5.41) is 2.82. The third kappa shape index (κ3) is 4.92. The Morgan fingerprint density at radius 1 is 1.35 bits per heavy atom. The third-order valence-electron chi connectivity index (χ3n) is 4.01. The first kappa shape index (κ1) is 19.9. The molecule has 1 aliphatic rings. The SMILES string of the molecule is O=C(NCCSCc1ccc(Br)s1)c1cc(S(=O)(=O)N2CCCC2)c[nH]1. The monoisotopic (exact) mass is 477 g/mol. The second-order valence-corrected chi connectivity index (χ2v) is 11.5. The topological polar surface area (TPSA) is 82.3 Å². The molecule has 0 atom stereocenters. The fraction of sp³-hybridized carbons (Fsp3) is 0.438. The van der Waals surface area contributed by atoms with E-state index in [4.69, 9.17) is 0 Å². The van der Waals surface area contributed by atoms with Gasteiger partial charge in [0.15, 0.2) is 0 Å². The predicted molar refractivity (Wildman–Crippen MR) is 109 cm³/mol. The predicted octanol–water partition coefficient (Wildman–Crippen LogP) is 3.29. The fourth-order valence-electron chi connectivity index (χ4n) is 2.67. The number of aromatic nitrogens is 1. The van der Waals surface area contributed by atoms with E-state index in [1.807, 2.05) is 6.07 Å². The van der Waals surface area contributed by atoms with E-state index in [-0.39, 0.29) is 16.5 Å². The fourth-order valence-corrected chi connectivity index (χ4v) is 6.63. The van der Waals surface area contributed by atoms with Gasteiger partial charge in [-0.1, -0.05) is 0 Å². The maximum atomic E-state index is 12.5. The van der Waals surface area contributed by atoms with Crippen LogP contribution in [0.4, 0.5) is 0 Å². The first-order chi connectivity index (χ1) is 12.5. The van der Waals surface area contributed by atoms with Gasteiger partial charge in [-0.25, -0.2) is 8.42 Å². The molecular formula is C16H20BrN3O3S3. The Bertz CT molecular complexity index is 857. The molecule has 0 bridgehead atoms. The highest BCUT2D eigenvalue weighted by molar-refractivity contribution is 9.11. The van der Waals surface area contributed by atoms with Gasteiger partial charge in [0.2, 0.25) is 10.0 Å². The number of carbonyl (C=O) groups excluding carboxylic acids is 1. The van der Waals surface area contributed by atoms with Gasteiger partial charge >= 0.3 is 0 Å². The smallest absolute Gasteiger partial charge is 0.267 e. The maximum absolute atomic E-state index is 12.5. The maximum Gasteiger partial charge on any atom is 0.267 e. The van der Waals surface area contributed by atoms with Gasteiger partial charge in [-0.15, -0.1) is 11.3 Å². The molecule has 26 heavy (non-hydrogen) atoms. The molecule has 1 saturated heterocycles. The molecule has 0 saturated carbocycles. The second-order valence-electron chi connectivity index (χ2n) is 5.87. The molecule has 0 spiro atoms. The number of carbonyl (C=O) groups is 1. The molecule has 3 rings (SSSR count). The summed E-state index contributed by atoms with van der Waals surface area (Å²) in [7, 11) is -3.49. The standard InChI is InChI=1S/C16H20BrN3O3S3/c17-15-4-3-12(25-15)11-24-8-5-18-16(21)14-9-13(10-19-14)26(22,23)20-6-1-2-7-20/h3-4,9-10,19H,1-2,5-8,11H2,(H,18,21). The highest BCUT2D eigenvalue weighted by Gasteiger charge is 2.28. The zero-order valence-electron chi connectivity index (χ0n) is 14.0. The molecule has 2 aromatic heterocycles. The highest BCUT2D eigenvalue weighted by atomic mass is 79.9. The van der Waals surface area contributed by atoms with E-state index in [1.54, 1.807) is 23.1 Å². The number of aromatic amines is 1. The zero-order chi connectivity index (χ0) is 18.6. The molecule has 0 unspecified atom stereocenters. The lowest BCUT2D eigenvalue weighted by Crippen LogP contribution is -2.28. The molecule has 142 valence electrons. The molecule has 0 aromatic carbocycles. The number of thiophene rings is 1. The second kappa shape index (κ2) is 8.92. The summed E-state index contributed by atoms with van der Waals surface area (Å²) in [6.45, 7) is 1.63. The van der Waals surface area contributed by atoms with Gasteiger partial charge in [-0.2, -0.15) is 16.1 Å². The molecule has 3 heterocycles. The number of sulfonamides is 1. The van der Waals surface area contributed by atoms with Crippen molar-refractivity contribution in [1.82, 2.24) is 14.6 Å². The molecule has 6 nitrogen and oxygen atoms in total. The number of hydrogen-bond acceptors (Lipinski definition) is 5. The van der Waals surface area contributed by atoms with E-state index in [9.17, 15) is 13.2 Å². The molecule has 0 radical (unpaired) electrons.